The first-order valence-corrected chi connectivity index (χ1v) is 14.0. The predicted molar refractivity (Wildman–Crippen MR) is 141 cm³/mol. The van der Waals surface area contributed by atoms with Crippen molar-refractivity contribution in [2.24, 2.45) is 5.92 Å². The molecule has 6 rings (SSSR count). The Morgan fingerprint density at radius 2 is 1.92 bits per heavy atom. The summed E-state index contributed by atoms with van der Waals surface area (Å²) in [5.41, 5.74) is 4.27. The molecule has 1 unspecified atom stereocenters. The molecule has 4 heterocycles. The number of hydrogen-bond donors (Lipinski definition) is 1. The highest BCUT2D eigenvalue weighted by Crippen LogP contribution is 2.43. The number of fused-ring (bicyclic) bond motifs is 1. The van der Waals surface area contributed by atoms with Crippen LogP contribution >= 0.6 is 0 Å². The zero-order chi connectivity index (χ0) is 25.5. The average molecular weight is 517 g/mol. The van der Waals surface area contributed by atoms with Crippen molar-refractivity contribution in [3.8, 4) is 11.4 Å². The SMILES string of the molecule is CC[S+]([O-])c1ccc(CNc2nc3cnc(-c4c(C)ncnc4C4CC4)nc3n(CC3CC3)c2=O)nc1. The number of nitrogens with one attached hydrogen (secondary N) is 1. The second-order valence-electron chi connectivity index (χ2n) is 9.69. The molecule has 0 saturated heterocycles. The van der Waals surface area contributed by atoms with Crippen LogP contribution in [0.4, 0.5) is 5.82 Å². The molecule has 2 aliphatic rings. The first kappa shape index (κ1) is 23.9. The van der Waals surface area contributed by atoms with Crippen LogP contribution in [0.2, 0.25) is 0 Å². The minimum absolute atomic E-state index is 0.212. The number of rotatable bonds is 9. The molecule has 4 aromatic rings. The Labute approximate surface area is 217 Å². The summed E-state index contributed by atoms with van der Waals surface area (Å²) in [6.07, 6.45) is 9.32. The van der Waals surface area contributed by atoms with Crippen LogP contribution < -0.4 is 10.9 Å². The van der Waals surface area contributed by atoms with Crippen molar-refractivity contribution < 1.29 is 4.55 Å². The van der Waals surface area contributed by atoms with E-state index in [1.807, 2.05) is 26.0 Å². The monoisotopic (exact) mass is 516 g/mol. The van der Waals surface area contributed by atoms with Crippen LogP contribution in [0.3, 0.4) is 0 Å². The number of aromatic nitrogens is 7. The highest BCUT2D eigenvalue weighted by atomic mass is 32.2. The number of nitrogens with zero attached hydrogens (tertiary/aromatic N) is 7. The van der Waals surface area contributed by atoms with Gasteiger partial charge in [-0.05, 0) is 68.8 Å². The number of anilines is 1. The van der Waals surface area contributed by atoms with Crippen molar-refractivity contribution in [3.05, 3.63) is 58.3 Å². The zero-order valence-corrected chi connectivity index (χ0v) is 21.7. The molecular formula is C26H28N8O2S. The Morgan fingerprint density at radius 3 is 2.62 bits per heavy atom. The second kappa shape index (κ2) is 9.79. The molecule has 0 bridgehead atoms. The molecule has 4 aromatic heterocycles. The van der Waals surface area contributed by atoms with Crippen molar-refractivity contribution >= 4 is 28.2 Å². The summed E-state index contributed by atoms with van der Waals surface area (Å²) in [5.74, 6) is 2.20. The van der Waals surface area contributed by atoms with E-state index >= 15 is 0 Å². The van der Waals surface area contributed by atoms with Crippen LogP contribution in [-0.4, -0.2) is 44.8 Å². The Morgan fingerprint density at radius 1 is 1.08 bits per heavy atom. The largest absolute Gasteiger partial charge is 0.611 e. The Hall–Kier alpha value is -3.44. The van der Waals surface area contributed by atoms with E-state index in [2.05, 4.69) is 30.2 Å². The van der Waals surface area contributed by atoms with Gasteiger partial charge in [-0.1, -0.05) is 0 Å². The molecule has 2 aliphatic carbocycles. The fourth-order valence-corrected chi connectivity index (χ4v) is 5.15. The number of aryl methyl sites for hydroxylation is 1. The maximum absolute atomic E-state index is 13.5. The van der Waals surface area contributed by atoms with Gasteiger partial charge in [-0.15, -0.1) is 0 Å². The Bertz CT molecular complexity index is 1520. The van der Waals surface area contributed by atoms with Gasteiger partial charge in [-0.3, -0.25) is 14.3 Å². The van der Waals surface area contributed by atoms with E-state index < -0.39 is 11.2 Å². The summed E-state index contributed by atoms with van der Waals surface area (Å²) >= 11 is -1.05. The third kappa shape index (κ3) is 4.93. The van der Waals surface area contributed by atoms with Gasteiger partial charge >= 0.3 is 0 Å². The van der Waals surface area contributed by atoms with Crippen molar-refractivity contribution in [3.63, 3.8) is 0 Å². The fraction of sp³-hybridized carbons (Fsp3) is 0.423. The molecule has 2 saturated carbocycles. The molecular weight excluding hydrogens is 488 g/mol. The predicted octanol–water partition coefficient (Wildman–Crippen LogP) is 3.37. The van der Waals surface area contributed by atoms with Gasteiger partial charge in [0.1, 0.15) is 17.6 Å². The van der Waals surface area contributed by atoms with Gasteiger partial charge in [0.15, 0.2) is 22.2 Å². The maximum atomic E-state index is 13.5. The standard InChI is InChI=1S/C26H28N8O2S/c1-3-37(36)19-9-8-18(27-11-19)10-28-24-26(35)34(13-16-4-5-16)25-20(32-24)12-29-23(33-25)21-15(2)30-14-31-22(21)17-6-7-17/h8-9,11-12,14,16-17H,3-7,10,13H2,1-2H3,(H,28,32). The summed E-state index contributed by atoms with van der Waals surface area (Å²) < 4.78 is 13.7. The molecule has 0 aliphatic heterocycles. The van der Waals surface area contributed by atoms with E-state index in [0.717, 1.165) is 48.3 Å². The molecule has 37 heavy (non-hydrogen) atoms. The summed E-state index contributed by atoms with van der Waals surface area (Å²) in [4.78, 5) is 41.6. The van der Waals surface area contributed by atoms with Gasteiger partial charge in [0.05, 0.1) is 41.6 Å². The number of pyridine rings is 1. The molecule has 0 radical (unpaired) electrons. The zero-order valence-electron chi connectivity index (χ0n) is 20.8. The molecule has 2 fully saturated rings. The molecule has 10 nitrogen and oxygen atoms in total. The Kier molecular flexibility index (Phi) is 6.33. The lowest BCUT2D eigenvalue weighted by Crippen LogP contribution is -2.27. The second-order valence-corrected chi connectivity index (χ2v) is 11.4. The van der Waals surface area contributed by atoms with Crippen LogP contribution in [0.5, 0.6) is 0 Å². The van der Waals surface area contributed by atoms with Crippen LogP contribution in [-0.2, 0) is 24.3 Å². The molecule has 190 valence electrons. The molecule has 11 heteroatoms. The lowest BCUT2D eigenvalue weighted by atomic mass is 10.1. The van der Waals surface area contributed by atoms with E-state index in [0.29, 0.717) is 52.6 Å². The van der Waals surface area contributed by atoms with Crippen LogP contribution in [0.25, 0.3) is 22.6 Å². The van der Waals surface area contributed by atoms with E-state index in [4.69, 9.17) is 4.98 Å². The first-order chi connectivity index (χ1) is 18.0. The van der Waals surface area contributed by atoms with Crippen LogP contribution in [0.15, 0.2) is 40.5 Å². The minimum atomic E-state index is -1.05. The summed E-state index contributed by atoms with van der Waals surface area (Å²) in [7, 11) is 0. The normalized spacial score (nSPS) is 16.2. The van der Waals surface area contributed by atoms with Gasteiger partial charge in [0.2, 0.25) is 0 Å². The molecule has 1 atom stereocenters. The van der Waals surface area contributed by atoms with E-state index in [-0.39, 0.29) is 11.4 Å². The Balaban J connectivity index is 1.35. The average Bonchev–Trinajstić information content (AvgIpc) is 3.84. The lowest BCUT2D eigenvalue weighted by Gasteiger charge is -2.14. The molecule has 1 N–H and O–H groups in total. The van der Waals surface area contributed by atoms with Crippen LogP contribution in [0.1, 0.15) is 55.6 Å². The van der Waals surface area contributed by atoms with Crippen molar-refractivity contribution in [1.29, 1.82) is 0 Å². The number of hydrogen-bond acceptors (Lipinski definition) is 9. The van der Waals surface area contributed by atoms with Crippen molar-refractivity contribution in [1.82, 2.24) is 34.5 Å². The molecule has 0 spiro atoms. The van der Waals surface area contributed by atoms with Crippen molar-refractivity contribution in [2.75, 3.05) is 11.1 Å². The topological polar surface area (TPSA) is 134 Å². The summed E-state index contributed by atoms with van der Waals surface area (Å²) in [6.45, 7) is 4.73. The lowest BCUT2D eigenvalue weighted by molar-refractivity contribution is 0.595. The van der Waals surface area contributed by atoms with Crippen LogP contribution in [0, 0.1) is 12.8 Å². The maximum Gasteiger partial charge on any atom is 0.294 e. The fourth-order valence-electron chi connectivity index (χ4n) is 4.43. The highest BCUT2D eigenvalue weighted by molar-refractivity contribution is 7.91. The quantitative estimate of drug-likeness (QED) is 0.332. The van der Waals surface area contributed by atoms with E-state index in [9.17, 15) is 9.35 Å². The van der Waals surface area contributed by atoms with Gasteiger partial charge < -0.3 is 9.87 Å². The van der Waals surface area contributed by atoms with E-state index in [1.165, 1.54) is 0 Å². The summed E-state index contributed by atoms with van der Waals surface area (Å²) in [6, 6.07) is 3.63. The van der Waals surface area contributed by atoms with Gasteiger partial charge in [0, 0.05) is 12.5 Å². The first-order valence-electron chi connectivity index (χ1n) is 12.7. The third-order valence-electron chi connectivity index (χ3n) is 6.84. The molecule has 0 aromatic carbocycles. The summed E-state index contributed by atoms with van der Waals surface area (Å²) in [5, 5.41) is 3.15. The minimum Gasteiger partial charge on any atom is -0.611 e. The van der Waals surface area contributed by atoms with E-state index in [1.54, 1.807) is 23.3 Å². The van der Waals surface area contributed by atoms with Crippen molar-refractivity contribution in [2.45, 2.75) is 63.4 Å². The third-order valence-corrected chi connectivity index (χ3v) is 8.13. The molecule has 0 amide bonds. The smallest absolute Gasteiger partial charge is 0.294 e. The highest BCUT2D eigenvalue weighted by Gasteiger charge is 2.30. The van der Waals surface area contributed by atoms with Gasteiger partial charge in [-0.2, -0.15) is 0 Å². The van der Waals surface area contributed by atoms with Gasteiger partial charge in [-0.25, -0.2) is 24.9 Å². The van der Waals surface area contributed by atoms with Gasteiger partial charge in [0.25, 0.3) is 5.56 Å².